The Morgan fingerprint density at radius 3 is 2.33 bits per heavy atom. The first-order chi connectivity index (χ1) is 18.5. The van der Waals surface area contributed by atoms with Crippen LogP contribution in [0, 0.1) is 17.2 Å². The third-order valence-electron chi connectivity index (χ3n) is 6.60. The number of pyridine rings is 1. The molecule has 0 bridgehead atoms. The molecule has 0 saturated heterocycles. The Morgan fingerprint density at radius 2 is 1.72 bits per heavy atom. The van der Waals surface area contributed by atoms with Crippen LogP contribution in [0.1, 0.15) is 51.9 Å². The van der Waals surface area contributed by atoms with Crippen molar-refractivity contribution < 1.29 is 19.0 Å². The van der Waals surface area contributed by atoms with Gasteiger partial charge in [0.05, 0.1) is 11.7 Å². The Hall–Kier alpha value is -4.13. The van der Waals surface area contributed by atoms with E-state index in [0.29, 0.717) is 46.5 Å². The molecule has 204 valence electrons. The Labute approximate surface area is 228 Å². The van der Waals surface area contributed by atoms with Crippen molar-refractivity contribution >= 4 is 16.9 Å². The highest BCUT2D eigenvalue weighted by Crippen LogP contribution is 2.42. The molecule has 4 rings (SSSR count). The van der Waals surface area contributed by atoms with Gasteiger partial charge in [-0.05, 0) is 52.8 Å². The van der Waals surface area contributed by atoms with Gasteiger partial charge in [0.2, 0.25) is 0 Å². The van der Waals surface area contributed by atoms with Gasteiger partial charge >= 0.3 is 6.09 Å². The number of carboxylic acid groups (broad SMARTS) is 1. The first-order valence-electron chi connectivity index (χ1n) is 13.1. The minimum atomic E-state index is -1.20. The molecule has 0 aliphatic rings. The summed E-state index contributed by atoms with van der Waals surface area (Å²) in [6.45, 7) is 10.4. The summed E-state index contributed by atoms with van der Waals surface area (Å²) in [5.74, 6) is 0.218. The standard InChI is InChI=1S/C32H35FN2O4/c1-20(2)18-35-28(29(32(3,4)5)34-31(37)38)27(22-12-9-13-23(33)16-22)26-17-24(14-15-25(26)30(35)36)39-19-21-10-7-6-8-11-21/h6-17,20,29,34H,18-19H2,1-5H3,(H,37,38). The van der Waals surface area contributed by atoms with Crippen LogP contribution in [0.5, 0.6) is 5.75 Å². The Kier molecular flexibility index (Phi) is 8.09. The molecule has 7 heteroatoms. The zero-order valence-electron chi connectivity index (χ0n) is 23.0. The molecule has 1 amide bonds. The Balaban J connectivity index is 2.07. The molecule has 1 unspecified atom stereocenters. The second-order valence-electron chi connectivity index (χ2n) is 11.3. The minimum absolute atomic E-state index is 0.0955. The number of amides is 1. The van der Waals surface area contributed by atoms with Crippen LogP contribution in [0.2, 0.25) is 0 Å². The second kappa shape index (κ2) is 11.3. The summed E-state index contributed by atoms with van der Waals surface area (Å²) in [6.07, 6.45) is -1.20. The number of ether oxygens (including phenoxy) is 1. The van der Waals surface area contributed by atoms with E-state index in [-0.39, 0.29) is 11.5 Å². The van der Waals surface area contributed by atoms with Crippen LogP contribution < -0.4 is 15.6 Å². The topological polar surface area (TPSA) is 80.6 Å². The summed E-state index contributed by atoms with van der Waals surface area (Å²) in [5.41, 5.74) is 1.81. The SMILES string of the molecule is CC(C)Cn1c(C(NC(=O)O)C(C)(C)C)c(-c2cccc(F)c2)c2cc(OCc3ccccc3)ccc2c1=O. The van der Waals surface area contributed by atoms with Crippen LogP contribution in [-0.4, -0.2) is 15.8 Å². The van der Waals surface area contributed by atoms with Gasteiger partial charge in [-0.2, -0.15) is 0 Å². The predicted molar refractivity (Wildman–Crippen MR) is 153 cm³/mol. The third-order valence-corrected chi connectivity index (χ3v) is 6.60. The van der Waals surface area contributed by atoms with Crippen molar-refractivity contribution in [2.24, 2.45) is 11.3 Å². The number of carbonyl (C=O) groups is 1. The lowest BCUT2D eigenvalue weighted by Gasteiger charge is -2.35. The van der Waals surface area contributed by atoms with Gasteiger partial charge in [0.1, 0.15) is 18.2 Å². The zero-order valence-corrected chi connectivity index (χ0v) is 23.0. The average molecular weight is 531 g/mol. The van der Waals surface area contributed by atoms with Crippen molar-refractivity contribution in [2.45, 2.75) is 53.8 Å². The van der Waals surface area contributed by atoms with E-state index in [1.54, 1.807) is 34.9 Å². The molecule has 0 aliphatic heterocycles. The maximum absolute atomic E-state index is 14.6. The van der Waals surface area contributed by atoms with E-state index in [1.165, 1.54) is 12.1 Å². The highest BCUT2D eigenvalue weighted by molar-refractivity contribution is 5.98. The molecule has 1 aromatic heterocycles. The Bertz CT molecular complexity index is 1540. The van der Waals surface area contributed by atoms with Gasteiger partial charge in [-0.3, -0.25) is 4.79 Å². The van der Waals surface area contributed by atoms with Crippen LogP contribution in [0.4, 0.5) is 9.18 Å². The van der Waals surface area contributed by atoms with Crippen LogP contribution in [0.25, 0.3) is 21.9 Å². The number of nitrogens with one attached hydrogen (secondary N) is 1. The van der Waals surface area contributed by atoms with Crippen molar-refractivity contribution in [1.29, 1.82) is 0 Å². The summed E-state index contributed by atoms with van der Waals surface area (Å²) < 4.78 is 22.3. The fourth-order valence-electron chi connectivity index (χ4n) is 4.89. The zero-order chi connectivity index (χ0) is 28.3. The van der Waals surface area contributed by atoms with Gasteiger partial charge in [-0.15, -0.1) is 0 Å². The number of hydrogen-bond donors (Lipinski definition) is 2. The van der Waals surface area contributed by atoms with E-state index in [2.05, 4.69) is 5.32 Å². The van der Waals surface area contributed by atoms with Crippen molar-refractivity contribution in [2.75, 3.05) is 0 Å². The van der Waals surface area contributed by atoms with Gasteiger partial charge in [0, 0.05) is 22.9 Å². The highest BCUT2D eigenvalue weighted by atomic mass is 19.1. The molecule has 0 saturated carbocycles. The second-order valence-corrected chi connectivity index (χ2v) is 11.3. The normalized spacial score (nSPS) is 12.5. The minimum Gasteiger partial charge on any atom is -0.489 e. The molecule has 39 heavy (non-hydrogen) atoms. The molecule has 0 aliphatic carbocycles. The van der Waals surface area contributed by atoms with E-state index in [1.807, 2.05) is 65.0 Å². The van der Waals surface area contributed by atoms with Crippen molar-refractivity contribution in [3.63, 3.8) is 0 Å². The molecular weight excluding hydrogens is 495 g/mol. The summed E-state index contributed by atoms with van der Waals surface area (Å²) >= 11 is 0. The number of aromatic nitrogens is 1. The summed E-state index contributed by atoms with van der Waals surface area (Å²) in [4.78, 5) is 26.0. The van der Waals surface area contributed by atoms with Crippen LogP contribution in [0.15, 0.2) is 77.6 Å². The number of halogens is 1. The van der Waals surface area contributed by atoms with Gasteiger partial charge in [0.25, 0.3) is 5.56 Å². The number of rotatable bonds is 8. The van der Waals surface area contributed by atoms with E-state index in [0.717, 1.165) is 5.56 Å². The van der Waals surface area contributed by atoms with Gasteiger partial charge < -0.3 is 19.7 Å². The monoisotopic (exact) mass is 530 g/mol. The molecule has 1 heterocycles. The van der Waals surface area contributed by atoms with E-state index < -0.39 is 23.4 Å². The number of benzene rings is 3. The molecule has 2 N–H and O–H groups in total. The van der Waals surface area contributed by atoms with Gasteiger partial charge in [0.15, 0.2) is 0 Å². The third kappa shape index (κ3) is 6.30. The van der Waals surface area contributed by atoms with Gasteiger partial charge in [-0.25, -0.2) is 9.18 Å². The quantitative estimate of drug-likeness (QED) is 0.249. The van der Waals surface area contributed by atoms with Crippen molar-refractivity contribution in [1.82, 2.24) is 9.88 Å². The maximum atomic E-state index is 14.6. The van der Waals surface area contributed by atoms with Crippen LogP contribution in [0.3, 0.4) is 0 Å². The lowest BCUT2D eigenvalue weighted by Crippen LogP contribution is -2.40. The first kappa shape index (κ1) is 27.9. The number of hydrogen-bond acceptors (Lipinski definition) is 3. The van der Waals surface area contributed by atoms with E-state index in [4.69, 9.17) is 4.74 Å². The molecular formula is C32H35FN2O4. The molecule has 0 spiro atoms. The molecule has 6 nitrogen and oxygen atoms in total. The van der Waals surface area contributed by atoms with E-state index >= 15 is 0 Å². The van der Waals surface area contributed by atoms with Crippen molar-refractivity contribution in [3.8, 4) is 16.9 Å². The smallest absolute Gasteiger partial charge is 0.405 e. The van der Waals surface area contributed by atoms with Crippen LogP contribution >= 0.6 is 0 Å². The summed E-state index contributed by atoms with van der Waals surface area (Å²) in [7, 11) is 0. The predicted octanol–water partition coefficient (Wildman–Crippen LogP) is 7.40. The number of nitrogens with zero attached hydrogens (tertiary/aromatic N) is 1. The maximum Gasteiger partial charge on any atom is 0.405 e. The highest BCUT2D eigenvalue weighted by Gasteiger charge is 2.34. The largest absolute Gasteiger partial charge is 0.489 e. The van der Waals surface area contributed by atoms with Crippen LogP contribution in [-0.2, 0) is 13.2 Å². The average Bonchev–Trinajstić information content (AvgIpc) is 2.87. The lowest BCUT2D eigenvalue weighted by atomic mass is 9.80. The number of fused-ring (bicyclic) bond motifs is 1. The van der Waals surface area contributed by atoms with Gasteiger partial charge in [-0.1, -0.05) is 77.1 Å². The molecule has 1 atom stereocenters. The Morgan fingerprint density at radius 1 is 1.00 bits per heavy atom. The first-order valence-corrected chi connectivity index (χ1v) is 13.1. The molecule has 4 aromatic rings. The van der Waals surface area contributed by atoms with Crippen molar-refractivity contribution in [3.05, 3.63) is 100 Å². The van der Waals surface area contributed by atoms with E-state index in [9.17, 15) is 19.1 Å². The summed E-state index contributed by atoms with van der Waals surface area (Å²) in [5, 5.41) is 13.5. The molecule has 3 aromatic carbocycles. The lowest BCUT2D eigenvalue weighted by molar-refractivity contribution is 0.172. The molecule has 0 radical (unpaired) electrons. The fraction of sp³-hybridized carbons (Fsp3) is 0.312. The fourth-order valence-corrected chi connectivity index (χ4v) is 4.89. The summed E-state index contributed by atoms with van der Waals surface area (Å²) in [6, 6.07) is 20.4. The molecule has 0 fully saturated rings.